The molecule has 134 valence electrons. The Kier molecular flexibility index (Phi) is 4.76. The first-order valence-electron chi connectivity index (χ1n) is 8.36. The second kappa shape index (κ2) is 7.51. The summed E-state index contributed by atoms with van der Waals surface area (Å²) in [6.45, 7) is 2.25. The molecule has 0 saturated heterocycles. The maximum absolute atomic E-state index is 12.6. The zero-order chi connectivity index (χ0) is 18.6. The number of nitrogens with zero attached hydrogens (tertiary/aromatic N) is 3. The predicted octanol–water partition coefficient (Wildman–Crippen LogP) is 4.12. The fraction of sp³-hybridized carbons (Fsp3) is 0.100. The largest absolute Gasteiger partial charge is 0.454 e. The van der Waals surface area contributed by atoms with Crippen LogP contribution in [0.15, 0.2) is 60.2 Å². The number of ether oxygens (including phenoxy) is 1. The van der Waals surface area contributed by atoms with Gasteiger partial charge in [-0.25, -0.2) is 4.98 Å². The first kappa shape index (κ1) is 17.1. The second-order valence-corrected chi connectivity index (χ2v) is 6.80. The van der Waals surface area contributed by atoms with Crippen molar-refractivity contribution in [2.45, 2.75) is 13.5 Å². The van der Waals surface area contributed by atoms with Crippen molar-refractivity contribution in [2.75, 3.05) is 0 Å². The lowest BCUT2D eigenvalue weighted by Crippen LogP contribution is -2.24. The highest BCUT2D eigenvalue weighted by Crippen LogP contribution is 2.33. The molecule has 0 spiro atoms. The number of nitrogens with one attached hydrogen (secondary N) is 1. The minimum absolute atomic E-state index is 0.277. The minimum atomic E-state index is -0.277. The van der Waals surface area contributed by atoms with Crippen molar-refractivity contribution in [3.8, 4) is 11.5 Å². The quantitative estimate of drug-likeness (QED) is 0.567. The van der Waals surface area contributed by atoms with E-state index in [4.69, 9.17) is 4.74 Å². The standard InChI is InChI=1S/C20H16N4O2S/c1-13-5-6-15(12-22-13)26-18-10-17(24-16-7-9-27-19(16)18)20(25)23-11-14-4-2-3-8-21-14/h2-10,12H,11H2,1H3,(H,23,25). The number of hydrogen-bond donors (Lipinski definition) is 1. The molecule has 0 aliphatic heterocycles. The molecule has 0 aliphatic rings. The predicted molar refractivity (Wildman–Crippen MR) is 104 cm³/mol. The van der Waals surface area contributed by atoms with Crippen LogP contribution in [0.4, 0.5) is 0 Å². The van der Waals surface area contributed by atoms with Crippen LogP contribution in [0.2, 0.25) is 0 Å². The van der Waals surface area contributed by atoms with Crippen molar-refractivity contribution >= 4 is 27.5 Å². The van der Waals surface area contributed by atoms with E-state index >= 15 is 0 Å². The van der Waals surface area contributed by atoms with Crippen LogP contribution in [0.3, 0.4) is 0 Å². The van der Waals surface area contributed by atoms with Crippen LogP contribution in [0.25, 0.3) is 10.2 Å². The summed E-state index contributed by atoms with van der Waals surface area (Å²) < 4.78 is 6.86. The van der Waals surface area contributed by atoms with Gasteiger partial charge in [-0.05, 0) is 42.6 Å². The number of aromatic nitrogens is 3. The van der Waals surface area contributed by atoms with Gasteiger partial charge in [0.2, 0.25) is 0 Å². The molecule has 1 amide bonds. The lowest BCUT2D eigenvalue weighted by Gasteiger charge is -2.09. The highest BCUT2D eigenvalue weighted by Gasteiger charge is 2.15. The number of carbonyl (C=O) groups is 1. The number of carbonyl (C=O) groups excluding carboxylic acids is 1. The molecule has 0 aromatic carbocycles. The average Bonchev–Trinajstić information content (AvgIpc) is 3.17. The molecule has 4 aromatic heterocycles. The Labute approximate surface area is 159 Å². The SMILES string of the molecule is Cc1ccc(Oc2cc(C(=O)NCc3ccccn3)nc3ccsc23)cn1. The number of amides is 1. The first-order chi connectivity index (χ1) is 13.2. The van der Waals surface area contributed by atoms with Crippen molar-refractivity contribution in [3.63, 3.8) is 0 Å². The van der Waals surface area contributed by atoms with Crippen LogP contribution in [0.5, 0.6) is 11.5 Å². The highest BCUT2D eigenvalue weighted by molar-refractivity contribution is 7.17. The van der Waals surface area contributed by atoms with Gasteiger partial charge in [0.1, 0.15) is 17.2 Å². The highest BCUT2D eigenvalue weighted by atomic mass is 32.1. The molecule has 27 heavy (non-hydrogen) atoms. The zero-order valence-corrected chi connectivity index (χ0v) is 15.4. The number of aryl methyl sites for hydroxylation is 1. The summed E-state index contributed by atoms with van der Waals surface area (Å²) >= 11 is 1.52. The van der Waals surface area contributed by atoms with Crippen molar-refractivity contribution < 1.29 is 9.53 Å². The molecule has 4 heterocycles. The Morgan fingerprint density at radius 2 is 2.11 bits per heavy atom. The molecule has 0 bridgehead atoms. The summed E-state index contributed by atoms with van der Waals surface area (Å²) in [4.78, 5) is 25.5. The zero-order valence-electron chi connectivity index (χ0n) is 14.5. The molecule has 0 unspecified atom stereocenters. The summed E-state index contributed by atoms with van der Waals surface area (Å²) in [5.41, 5.74) is 2.71. The summed E-state index contributed by atoms with van der Waals surface area (Å²) in [6.07, 6.45) is 3.36. The summed E-state index contributed by atoms with van der Waals surface area (Å²) in [7, 11) is 0. The van der Waals surface area contributed by atoms with E-state index in [1.165, 1.54) is 11.3 Å². The number of thiophene rings is 1. The Hall–Kier alpha value is -3.32. The van der Waals surface area contributed by atoms with Gasteiger partial charge in [0.15, 0.2) is 0 Å². The third kappa shape index (κ3) is 3.93. The van der Waals surface area contributed by atoms with Gasteiger partial charge in [0, 0.05) is 18.0 Å². The van der Waals surface area contributed by atoms with Crippen LogP contribution < -0.4 is 10.1 Å². The van der Waals surface area contributed by atoms with Crippen molar-refractivity contribution in [3.05, 3.63) is 77.3 Å². The van der Waals surface area contributed by atoms with Crippen LogP contribution in [-0.4, -0.2) is 20.9 Å². The Balaban J connectivity index is 1.59. The van der Waals surface area contributed by atoms with Gasteiger partial charge in [-0.15, -0.1) is 11.3 Å². The molecular weight excluding hydrogens is 360 g/mol. The number of hydrogen-bond acceptors (Lipinski definition) is 6. The van der Waals surface area contributed by atoms with Gasteiger partial charge < -0.3 is 10.1 Å². The molecule has 7 heteroatoms. The molecular formula is C20H16N4O2S. The number of fused-ring (bicyclic) bond motifs is 1. The number of pyridine rings is 3. The first-order valence-corrected chi connectivity index (χ1v) is 9.24. The molecule has 0 saturated carbocycles. The van der Waals surface area contributed by atoms with Gasteiger partial charge in [0.25, 0.3) is 5.91 Å². The number of rotatable bonds is 5. The van der Waals surface area contributed by atoms with Crippen molar-refractivity contribution in [1.29, 1.82) is 0 Å². The third-order valence-corrected chi connectivity index (χ3v) is 4.80. The van der Waals surface area contributed by atoms with Gasteiger partial charge in [-0.1, -0.05) is 6.07 Å². The Morgan fingerprint density at radius 1 is 1.19 bits per heavy atom. The normalized spacial score (nSPS) is 10.7. The van der Waals surface area contributed by atoms with E-state index in [1.54, 1.807) is 18.5 Å². The van der Waals surface area contributed by atoms with E-state index in [9.17, 15) is 4.79 Å². The lowest BCUT2D eigenvalue weighted by atomic mass is 10.2. The fourth-order valence-corrected chi connectivity index (χ4v) is 3.31. The topological polar surface area (TPSA) is 77.0 Å². The third-order valence-electron chi connectivity index (χ3n) is 3.88. The molecule has 0 radical (unpaired) electrons. The Bertz CT molecular complexity index is 1080. The van der Waals surface area contributed by atoms with Crippen LogP contribution >= 0.6 is 11.3 Å². The maximum Gasteiger partial charge on any atom is 0.270 e. The fourth-order valence-electron chi connectivity index (χ4n) is 2.52. The van der Waals surface area contributed by atoms with Crippen molar-refractivity contribution in [1.82, 2.24) is 20.3 Å². The van der Waals surface area contributed by atoms with E-state index < -0.39 is 0 Å². The van der Waals surface area contributed by atoms with Crippen LogP contribution in [0, 0.1) is 6.92 Å². The summed E-state index contributed by atoms with van der Waals surface area (Å²) in [6, 6.07) is 12.8. The van der Waals surface area contributed by atoms with Gasteiger partial charge >= 0.3 is 0 Å². The monoisotopic (exact) mass is 376 g/mol. The van der Waals surface area contributed by atoms with Crippen LogP contribution in [-0.2, 0) is 6.54 Å². The second-order valence-electron chi connectivity index (χ2n) is 5.88. The van der Waals surface area contributed by atoms with Crippen molar-refractivity contribution in [2.24, 2.45) is 0 Å². The van der Waals surface area contributed by atoms with E-state index in [0.29, 0.717) is 23.7 Å². The van der Waals surface area contributed by atoms with Gasteiger partial charge in [0.05, 0.1) is 28.7 Å². The van der Waals surface area contributed by atoms with Gasteiger partial charge in [-0.3, -0.25) is 14.8 Å². The molecule has 0 aliphatic carbocycles. The average molecular weight is 376 g/mol. The molecule has 4 rings (SSSR count). The van der Waals surface area contributed by atoms with E-state index in [1.807, 2.05) is 48.7 Å². The maximum atomic E-state index is 12.6. The minimum Gasteiger partial charge on any atom is -0.454 e. The van der Waals surface area contributed by atoms with Crippen LogP contribution in [0.1, 0.15) is 21.9 Å². The van der Waals surface area contributed by atoms with E-state index in [2.05, 4.69) is 20.3 Å². The van der Waals surface area contributed by atoms with Gasteiger partial charge in [-0.2, -0.15) is 0 Å². The summed E-state index contributed by atoms with van der Waals surface area (Å²) in [5.74, 6) is 0.922. The molecule has 6 nitrogen and oxygen atoms in total. The summed E-state index contributed by atoms with van der Waals surface area (Å²) in [5, 5.41) is 4.77. The molecule has 4 aromatic rings. The molecule has 0 atom stereocenters. The molecule has 1 N–H and O–H groups in total. The smallest absolute Gasteiger partial charge is 0.270 e. The Morgan fingerprint density at radius 3 is 2.89 bits per heavy atom. The van der Waals surface area contributed by atoms with E-state index in [0.717, 1.165) is 21.6 Å². The molecule has 0 fully saturated rings. The lowest BCUT2D eigenvalue weighted by molar-refractivity contribution is 0.0945. The van der Waals surface area contributed by atoms with E-state index in [-0.39, 0.29) is 5.91 Å².